The minimum atomic E-state index is 0.579. The molecule has 0 fully saturated rings. The second-order valence-electron chi connectivity index (χ2n) is 4.63. The Morgan fingerprint density at radius 2 is 1.89 bits per heavy atom. The Kier molecular flexibility index (Phi) is 6.26. The van der Waals surface area contributed by atoms with Crippen LogP contribution in [0, 0.1) is 0 Å². The van der Waals surface area contributed by atoms with Crippen LogP contribution >= 0.6 is 0 Å². The third kappa shape index (κ3) is 4.89. The zero-order valence-electron chi connectivity index (χ0n) is 11.7. The zero-order valence-corrected chi connectivity index (χ0v) is 11.7. The second-order valence-corrected chi connectivity index (χ2v) is 4.63. The van der Waals surface area contributed by atoms with E-state index >= 15 is 0 Å². The molecule has 1 aromatic heterocycles. The third-order valence-electron chi connectivity index (χ3n) is 3.03. The van der Waals surface area contributed by atoms with Gasteiger partial charge < -0.3 is 14.2 Å². The molecule has 1 aliphatic rings. The van der Waals surface area contributed by atoms with Crippen molar-refractivity contribution in [3.05, 3.63) is 11.9 Å². The Labute approximate surface area is 114 Å². The van der Waals surface area contributed by atoms with Gasteiger partial charge in [-0.15, -0.1) is 9.36 Å². The lowest BCUT2D eigenvalue weighted by atomic mass is 10.3. The fourth-order valence-corrected chi connectivity index (χ4v) is 1.96. The molecule has 0 unspecified atom stereocenters. The Morgan fingerprint density at radius 1 is 1.16 bits per heavy atom. The first-order valence-electron chi connectivity index (χ1n) is 7.10. The Hall–Kier alpha value is -0.980. The topological polar surface area (TPSA) is 49.4 Å². The van der Waals surface area contributed by atoms with Gasteiger partial charge in [0.2, 0.25) is 0 Å². The average molecular weight is 270 g/mol. The number of hydrogen-bond donors (Lipinski definition) is 0. The molecule has 0 aromatic carbocycles. The van der Waals surface area contributed by atoms with E-state index in [9.17, 15) is 0 Å². The van der Waals surface area contributed by atoms with Crippen LogP contribution in [0.2, 0.25) is 0 Å². The van der Waals surface area contributed by atoms with Crippen LogP contribution in [-0.2, 0) is 33.9 Å². The first-order chi connectivity index (χ1) is 9.40. The number of nitrogens with zero attached hydrogens (tertiary/aromatic N) is 3. The van der Waals surface area contributed by atoms with E-state index in [4.69, 9.17) is 14.2 Å². The van der Waals surface area contributed by atoms with Crippen molar-refractivity contribution in [1.29, 1.82) is 0 Å². The highest BCUT2D eigenvalue weighted by Crippen LogP contribution is 2.00. The molecule has 0 amide bonds. The second kappa shape index (κ2) is 8.24. The minimum Gasteiger partial charge on any atom is -0.377 e. The lowest BCUT2D eigenvalue weighted by Gasteiger charge is -2.07. The summed E-state index contributed by atoms with van der Waals surface area (Å²) in [5.74, 6) is 0. The van der Waals surface area contributed by atoms with Gasteiger partial charge in [-0.1, -0.05) is 13.3 Å². The molecule has 0 saturated carbocycles. The largest absolute Gasteiger partial charge is 0.377 e. The number of unbranched alkanes of at least 4 members (excludes halogenated alkanes) is 1. The van der Waals surface area contributed by atoms with Gasteiger partial charge in [-0.25, -0.2) is 0 Å². The highest BCUT2D eigenvalue weighted by molar-refractivity contribution is 4.88. The molecule has 1 aliphatic heterocycles. The number of hydrogen-bond acceptors (Lipinski definition) is 4. The summed E-state index contributed by atoms with van der Waals surface area (Å²) in [6.45, 7) is 7.64. The summed E-state index contributed by atoms with van der Waals surface area (Å²) in [6.07, 6.45) is 4.39. The van der Waals surface area contributed by atoms with Crippen molar-refractivity contribution >= 4 is 0 Å². The fraction of sp³-hybridized carbons (Fsp3) is 0.846. The molecule has 2 rings (SSSR count). The van der Waals surface area contributed by atoms with Crippen molar-refractivity contribution in [3.63, 3.8) is 0 Å². The van der Waals surface area contributed by atoms with Crippen molar-refractivity contribution < 1.29 is 18.9 Å². The summed E-state index contributed by atoms with van der Waals surface area (Å²) in [5, 5.41) is 4.56. The summed E-state index contributed by atoms with van der Waals surface area (Å²) in [6, 6.07) is 0. The van der Waals surface area contributed by atoms with Crippen LogP contribution < -0.4 is 4.68 Å². The average Bonchev–Trinajstić information content (AvgIpc) is 2.79. The lowest BCUT2D eigenvalue weighted by molar-refractivity contribution is -0.755. The molecule has 2 heterocycles. The molecule has 6 heteroatoms. The zero-order chi connectivity index (χ0) is 13.3. The van der Waals surface area contributed by atoms with E-state index in [2.05, 4.69) is 18.3 Å². The maximum Gasteiger partial charge on any atom is 0.193 e. The SMILES string of the molecule is CCCC[n+]1cc2n(n1)CCOCCOCCOC2. The molecule has 0 atom stereocenters. The van der Waals surface area contributed by atoms with Crippen LogP contribution in [0.15, 0.2) is 6.20 Å². The van der Waals surface area contributed by atoms with Crippen molar-refractivity contribution in [3.8, 4) is 0 Å². The van der Waals surface area contributed by atoms with E-state index in [1.807, 2.05) is 9.36 Å². The Bertz CT molecular complexity index is 339. The maximum atomic E-state index is 5.61. The van der Waals surface area contributed by atoms with E-state index in [0.717, 1.165) is 25.2 Å². The maximum absolute atomic E-state index is 5.61. The Morgan fingerprint density at radius 3 is 2.68 bits per heavy atom. The molecule has 0 N–H and O–H groups in total. The molecular formula is C13H24N3O3+. The summed E-state index contributed by atoms with van der Waals surface area (Å²) < 4.78 is 20.5. The molecule has 0 spiro atoms. The van der Waals surface area contributed by atoms with E-state index in [0.29, 0.717) is 39.6 Å². The molecule has 0 radical (unpaired) electrons. The highest BCUT2D eigenvalue weighted by Gasteiger charge is 2.16. The van der Waals surface area contributed by atoms with Crippen LogP contribution in [0.1, 0.15) is 25.5 Å². The van der Waals surface area contributed by atoms with Gasteiger partial charge in [0.1, 0.15) is 19.7 Å². The van der Waals surface area contributed by atoms with Crippen molar-refractivity contribution in [2.45, 2.75) is 39.5 Å². The van der Waals surface area contributed by atoms with Gasteiger partial charge >= 0.3 is 0 Å². The van der Waals surface area contributed by atoms with Crippen molar-refractivity contribution in [2.75, 3.05) is 33.0 Å². The Balaban J connectivity index is 1.98. The molecule has 108 valence electrons. The molecule has 6 nitrogen and oxygen atoms in total. The van der Waals surface area contributed by atoms with Crippen LogP contribution in [0.3, 0.4) is 0 Å². The third-order valence-corrected chi connectivity index (χ3v) is 3.03. The number of aryl methyl sites for hydroxylation is 1. The van der Waals surface area contributed by atoms with Crippen molar-refractivity contribution in [2.24, 2.45) is 0 Å². The normalized spacial score (nSPS) is 18.4. The minimum absolute atomic E-state index is 0.579. The first kappa shape index (κ1) is 14.4. The molecule has 0 aliphatic carbocycles. The van der Waals surface area contributed by atoms with Gasteiger partial charge in [0.25, 0.3) is 0 Å². The van der Waals surface area contributed by atoms with Crippen LogP contribution in [0.25, 0.3) is 0 Å². The lowest BCUT2D eigenvalue weighted by Crippen LogP contribution is -2.36. The standard InChI is InChI=1S/C13H24N3O3/c1-2-3-4-15-11-13-12-19-10-9-18-8-7-17-6-5-16(13)14-15/h11H,2-10,12H2,1H3/q+1. The molecule has 1 aromatic rings. The molecule has 19 heavy (non-hydrogen) atoms. The summed E-state index contributed by atoms with van der Waals surface area (Å²) in [7, 11) is 0. The van der Waals surface area contributed by atoms with Gasteiger partial charge in [0.15, 0.2) is 11.9 Å². The molecule has 0 bridgehead atoms. The van der Waals surface area contributed by atoms with E-state index < -0.39 is 0 Å². The van der Waals surface area contributed by atoms with E-state index in [1.165, 1.54) is 6.42 Å². The van der Waals surface area contributed by atoms with Gasteiger partial charge in [-0.2, -0.15) is 0 Å². The van der Waals surface area contributed by atoms with E-state index in [-0.39, 0.29) is 0 Å². The summed E-state index contributed by atoms with van der Waals surface area (Å²) in [5.41, 5.74) is 1.10. The van der Waals surface area contributed by atoms with Crippen LogP contribution in [-0.4, -0.2) is 42.9 Å². The van der Waals surface area contributed by atoms with E-state index in [1.54, 1.807) is 0 Å². The number of ether oxygens (including phenoxy) is 3. The monoisotopic (exact) mass is 270 g/mol. The number of fused-ring (bicyclic) bond motifs is 1. The summed E-state index contributed by atoms with van der Waals surface area (Å²) in [4.78, 5) is 0. The van der Waals surface area contributed by atoms with Gasteiger partial charge in [0.05, 0.1) is 38.2 Å². The van der Waals surface area contributed by atoms with Gasteiger partial charge in [0, 0.05) is 0 Å². The predicted octanol–water partition coefficient (Wildman–Crippen LogP) is 0.534. The van der Waals surface area contributed by atoms with Crippen LogP contribution in [0.4, 0.5) is 0 Å². The molecular weight excluding hydrogens is 246 g/mol. The first-order valence-corrected chi connectivity index (χ1v) is 7.10. The smallest absolute Gasteiger partial charge is 0.193 e. The van der Waals surface area contributed by atoms with Gasteiger partial charge in [-0.05, 0) is 6.42 Å². The molecule has 0 saturated heterocycles. The van der Waals surface area contributed by atoms with Gasteiger partial charge in [-0.3, -0.25) is 0 Å². The quantitative estimate of drug-likeness (QED) is 0.752. The fourth-order valence-electron chi connectivity index (χ4n) is 1.96. The van der Waals surface area contributed by atoms with Crippen molar-refractivity contribution in [1.82, 2.24) is 9.90 Å². The summed E-state index contributed by atoms with van der Waals surface area (Å²) >= 11 is 0. The predicted molar refractivity (Wildman–Crippen MR) is 68.6 cm³/mol. The highest BCUT2D eigenvalue weighted by atomic mass is 16.5. The number of aromatic nitrogens is 3. The number of rotatable bonds is 3. The van der Waals surface area contributed by atoms with Crippen LogP contribution in [0.5, 0.6) is 0 Å².